The highest BCUT2D eigenvalue weighted by Gasteiger charge is 2.31. The van der Waals surface area contributed by atoms with Crippen LogP contribution >= 0.6 is 11.6 Å². The van der Waals surface area contributed by atoms with E-state index in [1.807, 2.05) is 48.5 Å². The van der Waals surface area contributed by atoms with E-state index in [4.69, 9.17) is 11.6 Å². The fourth-order valence-electron chi connectivity index (χ4n) is 4.37. The second kappa shape index (κ2) is 8.45. The highest BCUT2D eigenvalue weighted by Crippen LogP contribution is 2.25. The van der Waals surface area contributed by atoms with Crippen molar-refractivity contribution in [3.63, 3.8) is 0 Å². The molecule has 3 nitrogen and oxygen atoms in total. The Balaban J connectivity index is 1.45. The third-order valence-corrected chi connectivity index (χ3v) is 6.08. The highest BCUT2D eigenvalue weighted by molar-refractivity contribution is 6.30. The zero-order valence-electron chi connectivity index (χ0n) is 15.7. The number of amides is 1. The van der Waals surface area contributed by atoms with Crippen molar-refractivity contribution in [2.45, 2.75) is 38.1 Å². The van der Waals surface area contributed by atoms with Crippen molar-refractivity contribution in [1.29, 1.82) is 0 Å². The lowest BCUT2D eigenvalue weighted by molar-refractivity contribution is 0.0690. The minimum atomic E-state index is 0.173. The number of carbonyl (C=O) groups excluding carboxylic acids is 1. The van der Waals surface area contributed by atoms with E-state index in [0.717, 1.165) is 47.6 Å². The summed E-state index contributed by atoms with van der Waals surface area (Å²) in [6.45, 7) is 4.29. The third-order valence-electron chi connectivity index (χ3n) is 5.85. The van der Waals surface area contributed by atoms with Crippen molar-refractivity contribution < 1.29 is 4.79 Å². The number of nitrogens with zero attached hydrogens (tertiary/aromatic N) is 2. The van der Waals surface area contributed by atoms with Gasteiger partial charge in [0.2, 0.25) is 0 Å². The quantitative estimate of drug-likeness (QED) is 0.734. The number of piperidine rings is 1. The van der Waals surface area contributed by atoms with Gasteiger partial charge in [0.15, 0.2) is 0 Å². The van der Waals surface area contributed by atoms with Gasteiger partial charge in [0.05, 0.1) is 0 Å². The normalized spacial score (nSPS) is 20.8. The smallest absolute Gasteiger partial charge is 0.254 e. The average molecular weight is 383 g/mol. The number of hydrogen-bond donors (Lipinski definition) is 0. The van der Waals surface area contributed by atoms with Crippen molar-refractivity contribution in [1.82, 2.24) is 9.80 Å². The number of hydrogen-bond acceptors (Lipinski definition) is 2. The molecule has 2 aromatic rings. The van der Waals surface area contributed by atoms with Crippen LogP contribution in [0.5, 0.6) is 0 Å². The Morgan fingerprint density at radius 2 is 1.70 bits per heavy atom. The fraction of sp³-hybridized carbons (Fsp3) is 0.435. The second-order valence-corrected chi connectivity index (χ2v) is 8.18. The van der Waals surface area contributed by atoms with Crippen LogP contribution in [0.4, 0.5) is 0 Å². The molecule has 0 spiro atoms. The van der Waals surface area contributed by atoms with Gasteiger partial charge in [-0.25, -0.2) is 0 Å². The Morgan fingerprint density at radius 1 is 0.926 bits per heavy atom. The molecule has 27 heavy (non-hydrogen) atoms. The van der Waals surface area contributed by atoms with Crippen molar-refractivity contribution in [3.8, 4) is 11.1 Å². The van der Waals surface area contributed by atoms with Gasteiger partial charge in [-0.05, 0) is 74.2 Å². The first-order chi connectivity index (χ1) is 13.2. The lowest BCUT2D eigenvalue weighted by Crippen LogP contribution is -2.44. The lowest BCUT2D eigenvalue weighted by Gasteiger charge is -2.33. The van der Waals surface area contributed by atoms with E-state index in [-0.39, 0.29) is 5.91 Å². The van der Waals surface area contributed by atoms with Gasteiger partial charge >= 0.3 is 0 Å². The van der Waals surface area contributed by atoms with Crippen LogP contribution in [-0.2, 0) is 0 Å². The van der Waals surface area contributed by atoms with Crippen molar-refractivity contribution in [2.24, 2.45) is 0 Å². The van der Waals surface area contributed by atoms with Gasteiger partial charge in [-0.1, -0.05) is 42.3 Å². The fourth-order valence-corrected chi connectivity index (χ4v) is 4.56. The van der Waals surface area contributed by atoms with E-state index in [1.54, 1.807) is 0 Å². The molecule has 0 saturated carbocycles. The first-order valence-corrected chi connectivity index (χ1v) is 10.5. The van der Waals surface area contributed by atoms with Crippen molar-refractivity contribution in [2.75, 3.05) is 26.2 Å². The van der Waals surface area contributed by atoms with E-state index in [1.165, 1.54) is 32.4 Å². The Hall–Kier alpha value is -1.84. The van der Waals surface area contributed by atoms with Gasteiger partial charge < -0.3 is 9.80 Å². The molecule has 2 aromatic carbocycles. The maximum Gasteiger partial charge on any atom is 0.254 e. The number of likely N-dealkylation sites (tertiary alicyclic amines) is 2. The molecular formula is C23H27ClN2O. The van der Waals surface area contributed by atoms with Crippen LogP contribution in [0.2, 0.25) is 5.02 Å². The summed E-state index contributed by atoms with van der Waals surface area (Å²) in [4.78, 5) is 17.7. The number of halogens is 1. The summed E-state index contributed by atoms with van der Waals surface area (Å²) in [5, 5.41) is 0.727. The summed E-state index contributed by atoms with van der Waals surface area (Å²) in [7, 11) is 0. The molecule has 0 radical (unpaired) electrons. The van der Waals surface area contributed by atoms with Crippen LogP contribution in [0.3, 0.4) is 0 Å². The second-order valence-electron chi connectivity index (χ2n) is 7.74. The maximum absolute atomic E-state index is 13.1. The lowest BCUT2D eigenvalue weighted by atomic mass is 10.0. The summed E-state index contributed by atoms with van der Waals surface area (Å²) in [6, 6.07) is 16.1. The van der Waals surface area contributed by atoms with Crippen LogP contribution in [-0.4, -0.2) is 47.9 Å². The summed E-state index contributed by atoms with van der Waals surface area (Å²) in [6.07, 6.45) is 6.19. The number of rotatable bonds is 4. The molecule has 2 aliphatic rings. The summed E-state index contributed by atoms with van der Waals surface area (Å²) in [5.41, 5.74) is 2.94. The van der Waals surface area contributed by atoms with E-state index in [9.17, 15) is 4.79 Å². The first kappa shape index (κ1) is 18.5. The van der Waals surface area contributed by atoms with Crippen molar-refractivity contribution in [3.05, 3.63) is 59.1 Å². The SMILES string of the molecule is O=C(c1ccc(-c2cccc(Cl)c2)cc1)N1CCCC1CN1CCCCC1. The largest absolute Gasteiger partial charge is 0.334 e. The van der Waals surface area contributed by atoms with E-state index in [2.05, 4.69) is 9.80 Å². The Kier molecular flexibility index (Phi) is 5.80. The number of carbonyl (C=O) groups is 1. The number of benzene rings is 2. The molecule has 2 heterocycles. The Morgan fingerprint density at radius 3 is 2.44 bits per heavy atom. The van der Waals surface area contributed by atoms with Crippen LogP contribution in [0.15, 0.2) is 48.5 Å². The predicted octanol–water partition coefficient (Wildman–Crippen LogP) is 5.10. The van der Waals surface area contributed by atoms with Crippen LogP contribution in [0, 0.1) is 0 Å². The van der Waals surface area contributed by atoms with Crippen LogP contribution in [0.1, 0.15) is 42.5 Å². The molecule has 2 aliphatic heterocycles. The predicted molar refractivity (Wildman–Crippen MR) is 111 cm³/mol. The molecule has 0 aliphatic carbocycles. The minimum absolute atomic E-state index is 0.173. The zero-order chi connectivity index (χ0) is 18.6. The molecule has 142 valence electrons. The maximum atomic E-state index is 13.1. The molecule has 1 atom stereocenters. The van der Waals surface area contributed by atoms with Gasteiger partial charge in [-0.2, -0.15) is 0 Å². The molecule has 2 saturated heterocycles. The monoisotopic (exact) mass is 382 g/mol. The van der Waals surface area contributed by atoms with Gasteiger partial charge in [0.1, 0.15) is 0 Å². The van der Waals surface area contributed by atoms with Crippen LogP contribution < -0.4 is 0 Å². The molecule has 2 fully saturated rings. The summed E-state index contributed by atoms with van der Waals surface area (Å²) < 4.78 is 0. The zero-order valence-corrected chi connectivity index (χ0v) is 16.5. The molecule has 0 aromatic heterocycles. The molecular weight excluding hydrogens is 356 g/mol. The summed E-state index contributed by atoms with van der Waals surface area (Å²) >= 11 is 6.09. The van der Waals surface area contributed by atoms with Gasteiger partial charge in [-0.3, -0.25) is 4.79 Å². The Bertz CT molecular complexity index is 783. The standard InChI is InChI=1S/C23H27ClN2O/c24-21-7-4-6-20(16-21)18-9-11-19(12-10-18)23(27)26-15-5-8-22(26)17-25-13-2-1-3-14-25/h4,6-7,9-12,16,22H,1-3,5,8,13-15,17H2. The van der Waals surface area contributed by atoms with Gasteiger partial charge in [0.25, 0.3) is 5.91 Å². The molecule has 1 unspecified atom stereocenters. The molecule has 0 N–H and O–H groups in total. The van der Waals surface area contributed by atoms with E-state index >= 15 is 0 Å². The first-order valence-electron chi connectivity index (χ1n) is 10.1. The van der Waals surface area contributed by atoms with E-state index < -0.39 is 0 Å². The van der Waals surface area contributed by atoms with Gasteiger partial charge in [0, 0.05) is 29.7 Å². The molecule has 4 rings (SSSR count). The van der Waals surface area contributed by atoms with Gasteiger partial charge in [-0.15, -0.1) is 0 Å². The highest BCUT2D eigenvalue weighted by atomic mass is 35.5. The van der Waals surface area contributed by atoms with Crippen LogP contribution in [0.25, 0.3) is 11.1 Å². The third kappa shape index (κ3) is 4.36. The molecule has 1 amide bonds. The topological polar surface area (TPSA) is 23.6 Å². The van der Waals surface area contributed by atoms with Crippen molar-refractivity contribution >= 4 is 17.5 Å². The van der Waals surface area contributed by atoms with E-state index in [0.29, 0.717) is 6.04 Å². The minimum Gasteiger partial charge on any atom is -0.334 e. The summed E-state index contributed by atoms with van der Waals surface area (Å²) in [5.74, 6) is 0.173. The molecule has 0 bridgehead atoms. The Labute approximate surface area is 166 Å². The molecule has 4 heteroatoms. The average Bonchev–Trinajstić information content (AvgIpc) is 3.16.